The Labute approximate surface area is 98.3 Å². The van der Waals surface area contributed by atoms with E-state index < -0.39 is 28.4 Å². The van der Waals surface area contributed by atoms with Crippen LogP contribution in [0, 0.1) is 0 Å². The van der Waals surface area contributed by atoms with Gasteiger partial charge in [0.25, 0.3) is 10.0 Å². The summed E-state index contributed by atoms with van der Waals surface area (Å²) in [5.41, 5.74) is 0.753. The van der Waals surface area contributed by atoms with Gasteiger partial charge in [-0.15, -0.1) is 0 Å². The molecule has 1 aromatic carbocycles. The van der Waals surface area contributed by atoms with Gasteiger partial charge in [-0.3, -0.25) is 0 Å². The van der Waals surface area contributed by atoms with Gasteiger partial charge in [0.15, 0.2) is 0 Å². The Kier molecular flexibility index (Phi) is 4.98. The van der Waals surface area contributed by atoms with Gasteiger partial charge < -0.3 is 5.11 Å². The highest BCUT2D eigenvalue weighted by Crippen LogP contribution is 2.07. The lowest BCUT2D eigenvalue weighted by atomic mass is 10.1. The molecule has 4 nitrogen and oxygen atoms in total. The van der Waals surface area contributed by atoms with Crippen LogP contribution in [-0.2, 0) is 16.4 Å². The second-order valence-electron chi connectivity index (χ2n) is 3.49. The number of alkyl halides is 2. The fraction of sp³-hybridized carbons (Fsp3) is 0.400. The summed E-state index contributed by atoms with van der Waals surface area (Å²) in [6.45, 7) is -0.541. The summed E-state index contributed by atoms with van der Waals surface area (Å²) in [5.74, 6) is -3.49. The van der Waals surface area contributed by atoms with Crippen LogP contribution in [0.5, 0.6) is 0 Å². The van der Waals surface area contributed by atoms with Crippen molar-refractivity contribution < 1.29 is 22.3 Å². The van der Waals surface area contributed by atoms with E-state index in [1.54, 1.807) is 35.1 Å². The third-order valence-corrected chi connectivity index (χ3v) is 3.24. The van der Waals surface area contributed by atoms with Gasteiger partial charge in [0.2, 0.25) is 0 Å². The van der Waals surface area contributed by atoms with Gasteiger partial charge in [-0.1, -0.05) is 30.3 Å². The molecule has 1 unspecified atom stereocenters. The van der Waals surface area contributed by atoms with Crippen molar-refractivity contribution in [1.82, 2.24) is 4.72 Å². The fourth-order valence-corrected chi connectivity index (χ4v) is 2.05. The van der Waals surface area contributed by atoms with Crippen molar-refractivity contribution in [3.8, 4) is 0 Å². The van der Waals surface area contributed by atoms with Gasteiger partial charge in [0.1, 0.15) is 0 Å². The molecule has 0 fully saturated rings. The summed E-state index contributed by atoms with van der Waals surface area (Å²) in [7, 11) is -4.67. The molecule has 96 valence electrons. The van der Waals surface area contributed by atoms with Crippen LogP contribution in [-0.4, -0.2) is 31.9 Å². The van der Waals surface area contributed by atoms with Gasteiger partial charge >= 0.3 is 5.76 Å². The molecule has 0 aliphatic rings. The molecule has 0 heterocycles. The Bertz CT molecular complexity index is 436. The Morgan fingerprint density at radius 1 is 1.24 bits per heavy atom. The highest BCUT2D eigenvalue weighted by atomic mass is 32.2. The normalized spacial score (nSPS) is 13.9. The SMILES string of the molecule is O=S(=O)(NC(CO)Cc1ccccc1)C(F)F. The number of rotatable bonds is 6. The predicted octanol–water partition coefficient (Wildman–Crippen LogP) is 0.732. The number of sulfonamides is 1. The maximum Gasteiger partial charge on any atom is 0.350 e. The molecule has 0 spiro atoms. The molecular weight excluding hydrogens is 252 g/mol. The molecule has 0 radical (unpaired) electrons. The summed E-state index contributed by atoms with van der Waals surface area (Å²) in [6.07, 6.45) is 0.156. The second kappa shape index (κ2) is 6.04. The molecule has 0 amide bonds. The first-order valence-corrected chi connectivity index (χ1v) is 6.44. The summed E-state index contributed by atoms with van der Waals surface area (Å²) in [6, 6.07) is 7.76. The van der Waals surface area contributed by atoms with E-state index >= 15 is 0 Å². The van der Waals surface area contributed by atoms with Crippen LogP contribution >= 0.6 is 0 Å². The molecule has 0 bridgehead atoms. The van der Waals surface area contributed by atoms with Gasteiger partial charge in [-0.05, 0) is 12.0 Å². The summed E-state index contributed by atoms with van der Waals surface area (Å²) < 4.78 is 47.8. The largest absolute Gasteiger partial charge is 0.395 e. The summed E-state index contributed by atoms with van der Waals surface area (Å²) >= 11 is 0. The fourth-order valence-electron chi connectivity index (χ4n) is 1.33. The minimum atomic E-state index is -4.67. The number of aliphatic hydroxyl groups excluding tert-OH is 1. The van der Waals surface area contributed by atoms with Crippen LogP contribution in [0.15, 0.2) is 30.3 Å². The molecule has 2 N–H and O–H groups in total. The molecular formula is C10H13F2NO3S. The van der Waals surface area contributed by atoms with E-state index in [0.717, 1.165) is 5.56 Å². The van der Waals surface area contributed by atoms with Crippen LogP contribution in [0.25, 0.3) is 0 Å². The zero-order valence-corrected chi connectivity index (χ0v) is 9.70. The summed E-state index contributed by atoms with van der Waals surface area (Å²) in [5, 5.41) is 8.96. The van der Waals surface area contributed by atoms with Crippen LogP contribution in [0.3, 0.4) is 0 Å². The number of nitrogens with one attached hydrogen (secondary N) is 1. The quantitative estimate of drug-likeness (QED) is 0.797. The number of benzene rings is 1. The standard InChI is InChI=1S/C10H13F2NO3S/c11-10(12)17(15,16)13-9(7-14)6-8-4-2-1-3-5-8/h1-5,9-10,13-14H,6-7H2. The van der Waals surface area contributed by atoms with Crippen molar-refractivity contribution in [2.75, 3.05) is 6.61 Å². The molecule has 7 heteroatoms. The van der Waals surface area contributed by atoms with Crippen LogP contribution < -0.4 is 4.72 Å². The minimum absolute atomic E-state index is 0.156. The maximum absolute atomic E-state index is 12.1. The zero-order chi connectivity index (χ0) is 12.9. The minimum Gasteiger partial charge on any atom is -0.395 e. The number of halogens is 2. The first-order chi connectivity index (χ1) is 7.95. The lowest BCUT2D eigenvalue weighted by Gasteiger charge is -2.15. The number of hydrogen-bond acceptors (Lipinski definition) is 3. The number of aliphatic hydroxyl groups is 1. The Hall–Kier alpha value is -1.05. The molecule has 0 saturated carbocycles. The molecule has 0 aromatic heterocycles. The highest BCUT2D eigenvalue weighted by Gasteiger charge is 2.26. The Morgan fingerprint density at radius 3 is 2.29 bits per heavy atom. The molecule has 0 aliphatic carbocycles. The van der Waals surface area contributed by atoms with E-state index in [-0.39, 0.29) is 6.42 Å². The highest BCUT2D eigenvalue weighted by molar-refractivity contribution is 7.89. The molecule has 17 heavy (non-hydrogen) atoms. The molecule has 0 aliphatic heterocycles. The van der Waals surface area contributed by atoms with Gasteiger partial charge in [0, 0.05) is 6.04 Å². The van der Waals surface area contributed by atoms with Gasteiger partial charge in [-0.25, -0.2) is 13.1 Å². The van der Waals surface area contributed by atoms with Crippen molar-refractivity contribution in [2.24, 2.45) is 0 Å². The molecule has 0 saturated heterocycles. The van der Waals surface area contributed by atoms with Gasteiger partial charge in [0.05, 0.1) is 6.61 Å². The molecule has 1 aromatic rings. The number of hydrogen-bond donors (Lipinski definition) is 2. The first-order valence-electron chi connectivity index (χ1n) is 4.90. The van der Waals surface area contributed by atoms with E-state index in [9.17, 15) is 17.2 Å². The van der Waals surface area contributed by atoms with E-state index in [1.165, 1.54) is 0 Å². The third kappa shape index (κ3) is 4.37. The van der Waals surface area contributed by atoms with E-state index in [0.29, 0.717) is 0 Å². The Morgan fingerprint density at radius 2 is 1.82 bits per heavy atom. The topological polar surface area (TPSA) is 66.4 Å². The summed E-state index contributed by atoms with van der Waals surface area (Å²) in [4.78, 5) is 0. The van der Waals surface area contributed by atoms with Crippen molar-refractivity contribution in [3.63, 3.8) is 0 Å². The average molecular weight is 265 g/mol. The lowest BCUT2D eigenvalue weighted by Crippen LogP contribution is -2.41. The van der Waals surface area contributed by atoms with Crippen molar-refractivity contribution in [3.05, 3.63) is 35.9 Å². The van der Waals surface area contributed by atoms with Crippen LogP contribution in [0.2, 0.25) is 0 Å². The molecule has 1 atom stereocenters. The van der Waals surface area contributed by atoms with E-state index in [2.05, 4.69) is 0 Å². The van der Waals surface area contributed by atoms with Crippen molar-refractivity contribution >= 4 is 10.0 Å². The zero-order valence-electron chi connectivity index (χ0n) is 8.88. The monoisotopic (exact) mass is 265 g/mol. The third-order valence-electron chi connectivity index (χ3n) is 2.11. The first kappa shape index (κ1) is 14.0. The average Bonchev–Trinajstić information content (AvgIpc) is 2.29. The lowest BCUT2D eigenvalue weighted by molar-refractivity contribution is 0.223. The predicted molar refractivity (Wildman–Crippen MR) is 59.1 cm³/mol. The van der Waals surface area contributed by atoms with E-state index in [4.69, 9.17) is 5.11 Å². The van der Waals surface area contributed by atoms with Crippen molar-refractivity contribution in [2.45, 2.75) is 18.2 Å². The van der Waals surface area contributed by atoms with Crippen LogP contribution in [0.4, 0.5) is 8.78 Å². The van der Waals surface area contributed by atoms with Crippen molar-refractivity contribution in [1.29, 1.82) is 0 Å². The van der Waals surface area contributed by atoms with Gasteiger partial charge in [-0.2, -0.15) is 8.78 Å². The molecule has 1 rings (SSSR count). The Balaban J connectivity index is 2.68. The second-order valence-corrected chi connectivity index (χ2v) is 5.17. The van der Waals surface area contributed by atoms with E-state index in [1.807, 2.05) is 0 Å². The van der Waals surface area contributed by atoms with Crippen LogP contribution in [0.1, 0.15) is 5.56 Å². The maximum atomic E-state index is 12.1. The smallest absolute Gasteiger partial charge is 0.350 e.